The van der Waals surface area contributed by atoms with Crippen LogP contribution in [0, 0.1) is 11.4 Å². The lowest BCUT2D eigenvalue weighted by atomic mass is 10.1. The van der Waals surface area contributed by atoms with Crippen molar-refractivity contribution in [3.05, 3.63) is 41.7 Å². The highest BCUT2D eigenvalue weighted by Crippen LogP contribution is 2.39. The molecule has 0 bridgehead atoms. The van der Waals surface area contributed by atoms with E-state index >= 15 is 0 Å². The maximum absolute atomic E-state index is 10.0. The van der Waals surface area contributed by atoms with E-state index < -0.39 is 6.10 Å². The maximum Gasteiger partial charge on any atom is 0.169 e. The van der Waals surface area contributed by atoms with E-state index in [1.54, 1.807) is 7.11 Å². The Balaban J connectivity index is 1.57. The highest BCUT2D eigenvalue weighted by molar-refractivity contribution is 5.73. The summed E-state index contributed by atoms with van der Waals surface area (Å²) in [7, 11) is 1.69. The number of hydrogen-bond donors (Lipinski definition) is 5. The first-order valence-electron chi connectivity index (χ1n) is 9.79. The van der Waals surface area contributed by atoms with Crippen molar-refractivity contribution in [1.29, 1.82) is 5.53 Å². The molecule has 0 saturated heterocycles. The molecule has 0 aliphatic heterocycles. The van der Waals surface area contributed by atoms with Gasteiger partial charge in [-0.3, -0.25) is 0 Å². The van der Waals surface area contributed by atoms with Crippen LogP contribution in [0.3, 0.4) is 0 Å². The lowest BCUT2D eigenvalue weighted by Gasteiger charge is -2.23. The third kappa shape index (κ3) is 3.81. The van der Waals surface area contributed by atoms with Crippen LogP contribution in [0.5, 0.6) is 0 Å². The lowest BCUT2D eigenvalue weighted by Crippen LogP contribution is -2.24. The number of methoxy groups -OCH3 is 1. The molecular formula is C20H26N6O3. The molecule has 1 saturated carbocycles. The molecule has 0 amide bonds. The minimum absolute atomic E-state index is 0.0485. The van der Waals surface area contributed by atoms with Crippen LogP contribution in [-0.2, 0) is 11.2 Å². The molecule has 29 heavy (non-hydrogen) atoms. The Morgan fingerprint density at radius 2 is 1.97 bits per heavy atom. The van der Waals surface area contributed by atoms with Crippen LogP contribution >= 0.6 is 0 Å². The summed E-state index contributed by atoms with van der Waals surface area (Å²) in [5.41, 5.74) is 10.4. The van der Waals surface area contributed by atoms with E-state index in [4.69, 9.17) is 10.3 Å². The van der Waals surface area contributed by atoms with Crippen molar-refractivity contribution in [3.63, 3.8) is 0 Å². The Kier molecular flexibility index (Phi) is 5.70. The first-order valence-corrected chi connectivity index (χ1v) is 9.79. The minimum atomic E-state index is -0.550. The first-order chi connectivity index (χ1) is 14.1. The average Bonchev–Trinajstić information content (AvgIpc) is 3.27. The predicted octanol–water partition coefficient (Wildman–Crippen LogP) is 2.41. The van der Waals surface area contributed by atoms with Gasteiger partial charge in [-0.15, -0.1) is 0 Å². The fourth-order valence-corrected chi connectivity index (χ4v) is 4.40. The number of nitrogens with one attached hydrogen (secondary N) is 3. The van der Waals surface area contributed by atoms with E-state index in [2.05, 4.69) is 37.8 Å². The fourth-order valence-electron chi connectivity index (χ4n) is 4.40. The van der Waals surface area contributed by atoms with Crippen molar-refractivity contribution in [1.82, 2.24) is 9.97 Å². The lowest BCUT2D eigenvalue weighted by molar-refractivity contribution is 0.0908. The van der Waals surface area contributed by atoms with Crippen LogP contribution < -0.4 is 10.6 Å². The van der Waals surface area contributed by atoms with Gasteiger partial charge < -0.3 is 25.6 Å². The van der Waals surface area contributed by atoms with E-state index in [0.29, 0.717) is 30.2 Å². The van der Waals surface area contributed by atoms with Crippen molar-refractivity contribution in [2.75, 3.05) is 24.4 Å². The molecule has 3 unspecified atom stereocenters. The summed E-state index contributed by atoms with van der Waals surface area (Å²) in [6, 6.07) is 8.02. The third-order valence-corrected chi connectivity index (χ3v) is 5.94. The van der Waals surface area contributed by atoms with Crippen molar-refractivity contribution in [2.24, 2.45) is 11.0 Å². The number of ether oxygens (including phenoxy) is 1. The van der Waals surface area contributed by atoms with E-state index in [1.165, 1.54) is 11.9 Å². The van der Waals surface area contributed by atoms with Crippen molar-refractivity contribution in [3.8, 4) is 0 Å². The van der Waals surface area contributed by atoms with Crippen molar-refractivity contribution >= 4 is 17.3 Å². The van der Waals surface area contributed by atoms with Gasteiger partial charge in [0.15, 0.2) is 17.3 Å². The molecule has 5 atom stereocenters. The number of hydrogen-bond acceptors (Lipinski definition) is 9. The number of rotatable bonds is 7. The van der Waals surface area contributed by atoms with E-state index in [-0.39, 0.29) is 30.7 Å². The van der Waals surface area contributed by atoms with E-state index in [0.717, 1.165) is 12.0 Å². The molecule has 1 aromatic heterocycles. The summed E-state index contributed by atoms with van der Waals surface area (Å²) in [5, 5.41) is 29.7. The van der Waals surface area contributed by atoms with Crippen molar-refractivity contribution in [2.45, 2.75) is 43.6 Å². The summed E-state index contributed by atoms with van der Waals surface area (Å²) >= 11 is 0. The molecule has 2 aromatic rings. The fraction of sp³-hybridized carbons (Fsp3) is 0.500. The number of anilines is 2. The molecule has 1 aromatic carbocycles. The van der Waals surface area contributed by atoms with Gasteiger partial charge in [-0.2, -0.15) is 5.11 Å². The van der Waals surface area contributed by atoms with Crippen molar-refractivity contribution < 1.29 is 14.9 Å². The molecule has 4 rings (SSSR count). The van der Waals surface area contributed by atoms with Gasteiger partial charge in [0, 0.05) is 32.1 Å². The zero-order valence-electron chi connectivity index (χ0n) is 16.2. The zero-order chi connectivity index (χ0) is 20.4. The summed E-state index contributed by atoms with van der Waals surface area (Å²) in [6.07, 6.45) is 2.77. The number of fused-ring (bicyclic) bond motifs is 1. The molecule has 9 nitrogen and oxygen atoms in total. The van der Waals surface area contributed by atoms with Gasteiger partial charge in [-0.05, 0) is 24.0 Å². The summed E-state index contributed by atoms with van der Waals surface area (Å²) < 4.78 is 5.68. The van der Waals surface area contributed by atoms with Gasteiger partial charge >= 0.3 is 0 Å². The van der Waals surface area contributed by atoms with Crippen LogP contribution in [0.2, 0.25) is 0 Å². The van der Waals surface area contributed by atoms with E-state index in [1.807, 2.05) is 12.1 Å². The number of aromatic nitrogens is 2. The first kappa shape index (κ1) is 19.7. The molecule has 154 valence electrons. The quantitative estimate of drug-likeness (QED) is 0.452. The van der Waals surface area contributed by atoms with Crippen LogP contribution in [0.1, 0.15) is 30.0 Å². The average molecular weight is 398 g/mol. The van der Waals surface area contributed by atoms with Gasteiger partial charge in [0.05, 0.1) is 18.2 Å². The molecular weight excluding hydrogens is 372 g/mol. The summed E-state index contributed by atoms with van der Waals surface area (Å²) in [4.78, 5) is 8.57. The highest BCUT2D eigenvalue weighted by Gasteiger charge is 2.35. The number of aliphatic hydroxyl groups excluding tert-OH is 2. The Hall–Kier alpha value is -2.62. The Morgan fingerprint density at radius 1 is 1.21 bits per heavy atom. The smallest absolute Gasteiger partial charge is 0.169 e. The van der Waals surface area contributed by atoms with Crippen LogP contribution in [0.25, 0.3) is 0 Å². The van der Waals surface area contributed by atoms with E-state index in [9.17, 15) is 10.2 Å². The van der Waals surface area contributed by atoms with Gasteiger partial charge in [-0.25, -0.2) is 15.5 Å². The number of aliphatic hydroxyl groups is 2. The van der Waals surface area contributed by atoms with Crippen LogP contribution in [0.15, 0.2) is 35.7 Å². The molecule has 5 N–H and O–H groups in total. The second kappa shape index (κ2) is 8.40. The molecule has 2 aliphatic carbocycles. The van der Waals surface area contributed by atoms with Gasteiger partial charge in [0.2, 0.25) is 0 Å². The second-order valence-electron chi connectivity index (χ2n) is 7.65. The molecule has 0 radical (unpaired) electrons. The largest absolute Gasteiger partial charge is 0.396 e. The standard InChI is InChI=1S/C20H26N6O3/c1-29-16-7-11-4-2-3-5-14(11)17(16)25-20-18(26-21)19(22-10-23-20)24-13-6-12(9-27)15(28)8-13/h2-5,10,12-13,15-17,21,27-28H,6-9H2,1H3,(H2,22,23,24,25)/t12?,13?,15?,16-,17+/m0/s1. The van der Waals surface area contributed by atoms with Gasteiger partial charge in [0.25, 0.3) is 0 Å². The molecule has 2 aliphatic rings. The Labute approximate surface area is 169 Å². The molecule has 9 heteroatoms. The van der Waals surface area contributed by atoms with Gasteiger partial charge in [-0.1, -0.05) is 24.3 Å². The molecule has 0 spiro atoms. The van der Waals surface area contributed by atoms with Gasteiger partial charge in [0.1, 0.15) is 6.33 Å². The Morgan fingerprint density at radius 3 is 2.66 bits per heavy atom. The maximum atomic E-state index is 10.0. The summed E-state index contributed by atoms with van der Waals surface area (Å²) in [6.45, 7) is -0.0505. The molecule has 1 fully saturated rings. The number of nitrogens with zero attached hydrogens (tertiary/aromatic N) is 3. The van der Waals surface area contributed by atoms with Crippen LogP contribution in [-0.4, -0.2) is 52.1 Å². The summed E-state index contributed by atoms with van der Waals surface area (Å²) in [5.74, 6) is 0.743. The third-order valence-electron chi connectivity index (χ3n) is 5.94. The van der Waals surface area contributed by atoms with Crippen LogP contribution in [0.4, 0.5) is 17.3 Å². The predicted molar refractivity (Wildman–Crippen MR) is 107 cm³/mol. The Bertz CT molecular complexity index is 879. The normalized spacial score (nSPS) is 28.2. The topological polar surface area (TPSA) is 136 Å². The monoisotopic (exact) mass is 398 g/mol. The highest BCUT2D eigenvalue weighted by atomic mass is 16.5. The second-order valence-corrected chi connectivity index (χ2v) is 7.65. The zero-order valence-corrected chi connectivity index (χ0v) is 16.2. The minimum Gasteiger partial charge on any atom is -0.396 e. The SMILES string of the molecule is CO[C@H]1Cc2ccccc2[C@H]1Nc1ncnc(NC2CC(O)C(CO)C2)c1N=N. The number of benzene rings is 1. The molecule has 1 heterocycles.